The number of fused-ring (bicyclic) bond motifs is 1. The van der Waals surface area contributed by atoms with Crippen molar-refractivity contribution in [3.8, 4) is 11.6 Å². The second kappa shape index (κ2) is 13.1. The molecule has 1 fully saturated rings. The van der Waals surface area contributed by atoms with Gasteiger partial charge in [-0.3, -0.25) is 13.9 Å². The third-order valence-electron chi connectivity index (χ3n) is 7.14. The topological polar surface area (TPSA) is 182 Å². The van der Waals surface area contributed by atoms with E-state index < -0.39 is 50.5 Å². The van der Waals surface area contributed by atoms with Crippen molar-refractivity contribution in [2.75, 3.05) is 25.6 Å². The summed E-state index contributed by atoms with van der Waals surface area (Å²) in [6.07, 6.45) is 0.715. The van der Waals surface area contributed by atoms with Gasteiger partial charge in [-0.1, -0.05) is 32.0 Å². The first-order chi connectivity index (χ1) is 20.4. The number of aromatic nitrogens is 4. The fourth-order valence-electron chi connectivity index (χ4n) is 4.50. The lowest BCUT2D eigenvalue weighted by molar-refractivity contribution is -0.151. The smallest absolute Gasteiger partial charge is 0.459 e. The number of nitrogens with zero attached hydrogens (tertiary/aromatic N) is 4. The monoisotopic (exact) mass is 624 g/mol. The molecule has 1 aliphatic heterocycles. The van der Waals surface area contributed by atoms with Crippen LogP contribution in [0.1, 0.15) is 53.7 Å². The molecule has 0 saturated carbocycles. The first-order valence-corrected chi connectivity index (χ1v) is 15.5. The molecule has 1 saturated heterocycles. The number of nitrogen functional groups attached to an aromatic ring is 1. The minimum absolute atomic E-state index is 0.114. The number of imidazole rings is 1. The first-order valence-electron chi connectivity index (χ1n) is 14.0. The minimum Gasteiger partial charge on any atom is -0.476 e. The van der Waals surface area contributed by atoms with Crippen LogP contribution in [0.2, 0.25) is 0 Å². The summed E-state index contributed by atoms with van der Waals surface area (Å²) in [6, 6.07) is 6.95. The van der Waals surface area contributed by atoms with Gasteiger partial charge in [-0.05, 0) is 45.7 Å². The van der Waals surface area contributed by atoms with Crippen molar-refractivity contribution in [2.45, 2.75) is 77.1 Å². The standard InChI is InChI=1S/C27H38FN6O8P/c1-6-18(7-2)41-23(35)17(4)33-43(37,42-19-12-10-9-11-13-19)40-15-27(36)14-39-24(26(27,5)28)34-16-30-20-21(34)31-25(29)32-22(20)38-8-3/h9-13,16-18,24,36H,6-8,14-15H2,1-5H3,(H,33,37)(H2,29,31,32)/t17?,24-,26+,27?,43?/m1/s1. The van der Waals surface area contributed by atoms with E-state index in [-0.39, 0.29) is 41.5 Å². The van der Waals surface area contributed by atoms with E-state index in [1.165, 1.54) is 30.0 Å². The van der Waals surface area contributed by atoms with Crippen molar-refractivity contribution in [3.05, 3.63) is 36.7 Å². The lowest BCUT2D eigenvalue weighted by atomic mass is 9.88. The van der Waals surface area contributed by atoms with E-state index in [0.29, 0.717) is 12.8 Å². The predicted octanol–water partition coefficient (Wildman–Crippen LogP) is 3.71. The maximum absolute atomic E-state index is 16.5. The maximum atomic E-state index is 16.5. The highest BCUT2D eigenvalue weighted by Gasteiger charge is 2.61. The quantitative estimate of drug-likeness (QED) is 0.175. The Hall–Kier alpha value is -3.36. The zero-order valence-corrected chi connectivity index (χ0v) is 25.6. The Balaban J connectivity index is 1.57. The number of nitrogens with one attached hydrogen (secondary N) is 1. The number of rotatable bonds is 14. The lowest BCUT2D eigenvalue weighted by Gasteiger charge is -2.34. The first kappa shape index (κ1) is 32.6. The summed E-state index contributed by atoms with van der Waals surface area (Å²) in [6.45, 7) is 6.95. The highest BCUT2D eigenvalue weighted by atomic mass is 31.2. The van der Waals surface area contributed by atoms with Gasteiger partial charge < -0.3 is 29.6 Å². The molecule has 0 radical (unpaired) electrons. The van der Waals surface area contributed by atoms with Crippen LogP contribution in [-0.2, 0) is 23.4 Å². The van der Waals surface area contributed by atoms with Gasteiger partial charge in [-0.15, -0.1) is 0 Å². The van der Waals surface area contributed by atoms with Crippen molar-refractivity contribution >= 4 is 30.8 Å². The van der Waals surface area contributed by atoms with E-state index in [2.05, 4.69) is 20.0 Å². The number of esters is 1. The van der Waals surface area contributed by atoms with Gasteiger partial charge in [0.2, 0.25) is 11.8 Å². The minimum atomic E-state index is -4.41. The van der Waals surface area contributed by atoms with Crippen LogP contribution in [0.25, 0.3) is 11.2 Å². The average Bonchev–Trinajstić information content (AvgIpc) is 3.48. The van der Waals surface area contributed by atoms with Crippen LogP contribution in [0.3, 0.4) is 0 Å². The molecule has 0 aliphatic carbocycles. The third kappa shape index (κ3) is 6.91. The molecule has 5 atom stereocenters. The number of hydrogen-bond acceptors (Lipinski definition) is 12. The van der Waals surface area contributed by atoms with Crippen LogP contribution in [0.5, 0.6) is 11.6 Å². The Morgan fingerprint density at radius 2 is 1.98 bits per heavy atom. The number of nitrogens with two attached hydrogens (primary N) is 1. The second-order valence-corrected chi connectivity index (χ2v) is 12.0. The van der Waals surface area contributed by atoms with Crippen LogP contribution in [0, 0.1) is 0 Å². The predicted molar refractivity (Wildman–Crippen MR) is 154 cm³/mol. The number of alkyl halides is 1. The molecular formula is C27H38FN6O8P. The van der Waals surface area contributed by atoms with Gasteiger partial charge in [-0.25, -0.2) is 13.9 Å². The summed E-state index contributed by atoms with van der Waals surface area (Å²) >= 11 is 0. The molecule has 236 valence electrons. The normalized spacial score (nSPS) is 24.1. The molecule has 4 N–H and O–H groups in total. The average molecular weight is 625 g/mol. The van der Waals surface area contributed by atoms with Crippen molar-refractivity contribution in [1.29, 1.82) is 0 Å². The largest absolute Gasteiger partial charge is 0.476 e. The number of carbonyl (C=O) groups is 1. The Morgan fingerprint density at radius 3 is 2.63 bits per heavy atom. The molecule has 0 amide bonds. The van der Waals surface area contributed by atoms with Gasteiger partial charge >= 0.3 is 13.7 Å². The number of carbonyl (C=O) groups excluding carboxylic acids is 1. The Morgan fingerprint density at radius 1 is 1.28 bits per heavy atom. The van der Waals surface area contributed by atoms with Gasteiger partial charge in [0.15, 0.2) is 23.1 Å². The molecule has 0 bridgehead atoms. The molecule has 3 heterocycles. The van der Waals surface area contributed by atoms with Crippen LogP contribution in [0.4, 0.5) is 10.3 Å². The molecular weight excluding hydrogens is 586 g/mol. The molecule has 2 aromatic heterocycles. The van der Waals surface area contributed by atoms with E-state index in [9.17, 15) is 14.5 Å². The van der Waals surface area contributed by atoms with Crippen LogP contribution in [0.15, 0.2) is 36.7 Å². The molecule has 3 unspecified atom stereocenters. The molecule has 16 heteroatoms. The highest BCUT2D eigenvalue weighted by molar-refractivity contribution is 7.52. The zero-order valence-electron chi connectivity index (χ0n) is 24.7. The fraction of sp³-hybridized carbons (Fsp3) is 0.556. The van der Waals surface area contributed by atoms with E-state index >= 15 is 4.39 Å². The van der Waals surface area contributed by atoms with Crippen molar-refractivity contribution < 1.29 is 42.1 Å². The highest BCUT2D eigenvalue weighted by Crippen LogP contribution is 2.50. The van der Waals surface area contributed by atoms with E-state index in [1.54, 1.807) is 25.1 Å². The number of aliphatic hydroxyl groups is 1. The number of para-hydroxylation sites is 1. The zero-order chi connectivity index (χ0) is 31.4. The Labute approximate surface area is 248 Å². The van der Waals surface area contributed by atoms with Crippen LogP contribution in [-0.4, -0.2) is 73.8 Å². The summed E-state index contributed by atoms with van der Waals surface area (Å²) in [7, 11) is -4.41. The summed E-state index contributed by atoms with van der Waals surface area (Å²) in [5.74, 6) is -0.534. The van der Waals surface area contributed by atoms with Crippen molar-refractivity contribution in [3.63, 3.8) is 0 Å². The van der Waals surface area contributed by atoms with E-state index in [4.69, 9.17) is 29.0 Å². The number of anilines is 1. The molecule has 43 heavy (non-hydrogen) atoms. The van der Waals surface area contributed by atoms with E-state index in [1.807, 2.05) is 13.8 Å². The summed E-state index contributed by atoms with van der Waals surface area (Å²) in [4.78, 5) is 25.1. The summed E-state index contributed by atoms with van der Waals surface area (Å²) in [5.41, 5.74) is 1.32. The Kier molecular flexibility index (Phi) is 9.92. The Bertz CT molecular complexity index is 1460. The van der Waals surface area contributed by atoms with Crippen LogP contribution >= 0.6 is 7.75 Å². The lowest BCUT2D eigenvalue weighted by Crippen LogP contribution is -2.53. The molecule has 4 rings (SSSR count). The number of halogens is 1. The second-order valence-electron chi connectivity index (χ2n) is 10.3. The van der Waals surface area contributed by atoms with Gasteiger partial charge in [-0.2, -0.15) is 15.1 Å². The SMILES string of the molecule is CCOc1nc(N)nc2c1ncn2[C@@H]1OCC(O)(COP(=O)(NC(C)C(=O)OC(CC)CC)Oc2ccccc2)[C@@]1(C)F. The van der Waals surface area contributed by atoms with Crippen molar-refractivity contribution in [1.82, 2.24) is 24.6 Å². The molecule has 1 aliphatic rings. The van der Waals surface area contributed by atoms with Gasteiger partial charge in [0.25, 0.3) is 0 Å². The summed E-state index contributed by atoms with van der Waals surface area (Å²) in [5, 5.41) is 14.0. The van der Waals surface area contributed by atoms with Crippen LogP contribution < -0.4 is 20.1 Å². The molecule has 0 spiro atoms. The molecule has 1 aromatic carbocycles. The molecule has 14 nitrogen and oxygen atoms in total. The molecule has 3 aromatic rings. The fourth-order valence-corrected chi connectivity index (χ4v) is 6.04. The number of hydrogen-bond donors (Lipinski definition) is 3. The third-order valence-corrected chi connectivity index (χ3v) is 8.76. The van der Waals surface area contributed by atoms with Gasteiger partial charge in [0, 0.05) is 0 Å². The van der Waals surface area contributed by atoms with Gasteiger partial charge in [0.1, 0.15) is 23.5 Å². The maximum Gasteiger partial charge on any atom is 0.459 e. The van der Waals surface area contributed by atoms with E-state index in [0.717, 1.165) is 6.92 Å². The van der Waals surface area contributed by atoms with Crippen molar-refractivity contribution in [2.24, 2.45) is 0 Å². The number of ether oxygens (including phenoxy) is 3. The number of benzene rings is 1. The summed E-state index contributed by atoms with van der Waals surface area (Å²) < 4.78 is 59.7. The van der Waals surface area contributed by atoms with Gasteiger partial charge in [0.05, 0.1) is 26.1 Å².